The van der Waals surface area contributed by atoms with Crippen LogP contribution in [0.4, 0.5) is 34.1 Å². The third kappa shape index (κ3) is 10.9. The summed E-state index contributed by atoms with van der Waals surface area (Å²) in [4.78, 5) is 41.9. The summed E-state index contributed by atoms with van der Waals surface area (Å²) >= 11 is 0. The van der Waals surface area contributed by atoms with Crippen LogP contribution in [0.1, 0.15) is 40.1 Å². The van der Waals surface area contributed by atoms with Crippen molar-refractivity contribution in [1.82, 2.24) is 0 Å². The molecule has 10 heteroatoms. The van der Waals surface area contributed by atoms with Gasteiger partial charge in [-0.1, -0.05) is 68.3 Å². The Kier molecular flexibility index (Phi) is 15.0. The lowest BCUT2D eigenvalue weighted by atomic mass is 10.00. The molecule has 6 aromatic rings. The van der Waals surface area contributed by atoms with Gasteiger partial charge in [0.05, 0.1) is 42.7 Å². The minimum atomic E-state index is -0.605. The summed E-state index contributed by atoms with van der Waals surface area (Å²) in [5.41, 5.74) is 9.45. The van der Waals surface area contributed by atoms with Gasteiger partial charge in [0, 0.05) is 34.0 Å². The van der Waals surface area contributed by atoms with E-state index in [1.54, 1.807) is 38.3 Å². The molecule has 0 aromatic heterocycles. The summed E-state index contributed by atoms with van der Waals surface area (Å²) in [5.74, 6) is -0.641. The summed E-state index contributed by atoms with van der Waals surface area (Å²) in [7, 11) is 1.64. The van der Waals surface area contributed by atoms with E-state index in [0.29, 0.717) is 34.8 Å². The fourth-order valence-corrected chi connectivity index (χ4v) is 6.75. The van der Waals surface area contributed by atoms with Crippen LogP contribution in [0.2, 0.25) is 0 Å². The number of carbonyl (C=O) groups excluding carboxylic acids is 3. The number of benzene rings is 6. The Labute approximate surface area is 368 Å². The van der Waals surface area contributed by atoms with E-state index in [4.69, 9.17) is 23.7 Å². The van der Waals surface area contributed by atoms with Gasteiger partial charge in [-0.2, -0.15) is 0 Å². The molecular formula is C53H50N2O8. The van der Waals surface area contributed by atoms with Crippen LogP contribution in [0.25, 0.3) is 11.1 Å². The van der Waals surface area contributed by atoms with Gasteiger partial charge in [0.25, 0.3) is 0 Å². The number of hydrogen-bond donors (Lipinski definition) is 0. The molecule has 10 nitrogen and oxygen atoms in total. The largest absolute Gasteiger partial charge is 0.495 e. The summed E-state index contributed by atoms with van der Waals surface area (Å²) in [5, 5.41) is 0. The van der Waals surface area contributed by atoms with Gasteiger partial charge >= 0.3 is 17.9 Å². The summed E-state index contributed by atoms with van der Waals surface area (Å²) in [6.45, 7) is 17.4. The van der Waals surface area contributed by atoms with Gasteiger partial charge in [0.1, 0.15) is 24.7 Å². The minimum absolute atomic E-state index is 0.0194. The highest BCUT2D eigenvalue weighted by molar-refractivity contribution is 5.93. The highest BCUT2D eigenvalue weighted by Gasteiger charge is 2.21. The predicted molar refractivity (Wildman–Crippen MR) is 249 cm³/mol. The molecule has 0 radical (unpaired) electrons. The van der Waals surface area contributed by atoms with E-state index in [2.05, 4.69) is 55.8 Å². The molecule has 0 aliphatic rings. The van der Waals surface area contributed by atoms with Crippen molar-refractivity contribution >= 4 is 52.0 Å². The zero-order valence-corrected chi connectivity index (χ0v) is 36.0. The number of aryl methyl sites for hydroxylation is 1. The molecule has 6 aromatic carbocycles. The Morgan fingerprint density at radius 3 is 1.43 bits per heavy atom. The molecule has 6 rings (SSSR count). The Hall–Kier alpha value is -7.85. The van der Waals surface area contributed by atoms with Gasteiger partial charge in [-0.05, 0) is 135 Å². The number of anilines is 6. The smallest absolute Gasteiger partial charge is 0.338 e. The van der Waals surface area contributed by atoms with Crippen molar-refractivity contribution in [2.75, 3.05) is 43.3 Å². The number of methoxy groups -OCH3 is 1. The maximum atomic E-state index is 12.9. The van der Waals surface area contributed by atoms with E-state index < -0.39 is 17.9 Å². The Morgan fingerprint density at radius 2 is 0.952 bits per heavy atom. The van der Waals surface area contributed by atoms with Gasteiger partial charge < -0.3 is 33.5 Å². The van der Waals surface area contributed by atoms with Gasteiger partial charge in [0.15, 0.2) is 0 Å². The number of ether oxygens (including phenoxy) is 5. The zero-order valence-electron chi connectivity index (χ0n) is 36.0. The van der Waals surface area contributed by atoms with Crippen molar-refractivity contribution in [2.45, 2.75) is 20.8 Å². The molecule has 0 aliphatic carbocycles. The number of nitrogens with zero attached hydrogens (tertiary/aromatic N) is 2. The monoisotopic (exact) mass is 842 g/mol. The Balaban J connectivity index is 1.26. The van der Waals surface area contributed by atoms with Gasteiger partial charge in [-0.3, -0.25) is 0 Å². The summed E-state index contributed by atoms with van der Waals surface area (Å²) in [6.07, 6.45) is 0. The normalized spacial score (nSPS) is 10.5. The molecule has 0 bridgehead atoms. The van der Waals surface area contributed by atoms with E-state index in [-0.39, 0.29) is 25.4 Å². The molecule has 0 spiro atoms. The molecule has 0 unspecified atom stereocenters. The maximum absolute atomic E-state index is 12.9. The molecule has 0 N–H and O–H groups in total. The molecule has 63 heavy (non-hydrogen) atoms. The standard InChI is InChI=1S/C53H50N2O8/c1-8-60-39(6)37(4)34-62-52(57)40-20-26-46(27-21-40)54(44-16-12-10-13-17-44)48-30-24-42(32-36(48)3)43-25-31-49(50(33-43)59-7)55(45-18-14-11-15-19-45)47-28-22-41(23-29-47)53(58)63-35-38(5)51(56)61-9-2/h10-33H,4-6,8-9,34-35H2,1-3,7H3. The van der Waals surface area contributed by atoms with Crippen molar-refractivity contribution in [2.24, 2.45) is 0 Å². The second-order valence-corrected chi connectivity index (χ2v) is 14.3. The van der Waals surface area contributed by atoms with Crippen molar-refractivity contribution in [1.29, 1.82) is 0 Å². The fourth-order valence-electron chi connectivity index (χ4n) is 6.75. The number of hydrogen-bond acceptors (Lipinski definition) is 10. The van der Waals surface area contributed by atoms with Crippen LogP contribution in [0.3, 0.4) is 0 Å². The lowest BCUT2D eigenvalue weighted by molar-refractivity contribution is -0.138. The van der Waals surface area contributed by atoms with Crippen LogP contribution in [0, 0.1) is 6.92 Å². The second-order valence-electron chi connectivity index (χ2n) is 14.3. The highest BCUT2D eigenvalue weighted by atomic mass is 16.6. The number of para-hydroxylation sites is 2. The van der Waals surface area contributed by atoms with Crippen LogP contribution in [-0.4, -0.2) is 51.4 Å². The number of rotatable bonds is 19. The first-order valence-electron chi connectivity index (χ1n) is 20.4. The molecule has 0 saturated carbocycles. The van der Waals surface area contributed by atoms with Crippen LogP contribution >= 0.6 is 0 Å². The predicted octanol–water partition coefficient (Wildman–Crippen LogP) is 12.1. The van der Waals surface area contributed by atoms with Gasteiger partial charge in [0.2, 0.25) is 0 Å². The highest BCUT2D eigenvalue weighted by Crippen LogP contribution is 2.43. The third-order valence-corrected chi connectivity index (χ3v) is 9.97. The lowest BCUT2D eigenvalue weighted by Gasteiger charge is -2.28. The van der Waals surface area contributed by atoms with Crippen molar-refractivity contribution in [3.05, 3.63) is 199 Å². The van der Waals surface area contributed by atoms with Crippen LogP contribution in [0.15, 0.2) is 182 Å². The van der Waals surface area contributed by atoms with Crippen LogP contribution < -0.4 is 14.5 Å². The first-order chi connectivity index (χ1) is 30.5. The Morgan fingerprint density at radius 1 is 0.508 bits per heavy atom. The van der Waals surface area contributed by atoms with E-state index in [1.807, 2.05) is 109 Å². The number of esters is 3. The van der Waals surface area contributed by atoms with E-state index >= 15 is 0 Å². The first-order valence-corrected chi connectivity index (χ1v) is 20.4. The second kappa shape index (κ2) is 21.1. The molecule has 0 heterocycles. The molecule has 0 aliphatic heterocycles. The van der Waals surface area contributed by atoms with Crippen LogP contribution in [-0.2, 0) is 23.7 Å². The molecule has 0 saturated heterocycles. The van der Waals surface area contributed by atoms with E-state index in [9.17, 15) is 14.4 Å². The summed E-state index contributed by atoms with van der Waals surface area (Å²) in [6, 6.07) is 46.6. The topological polar surface area (TPSA) is 104 Å². The third-order valence-electron chi connectivity index (χ3n) is 9.97. The first kappa shape index (κ1) is 44.7. The van der Waals surface area contributed by atoms with E-state index in [1.165, 1.54) is 0 Å². The van der Waals surface area contributed by atoms with Gasteiger partial charge in [-0.25, -0.2) is 14.4 Å². The molecule has 320 valence electrons. The average Bonchev–Trinajstić information content (AvgIpc) is 3.31. The minimum Gasteiger partial charge on any atom is -0.495 e. The van der Waals surface area contributed by atoms with Crippen molar-refractivity contribution in [3.63, 3.8) is 0 Å². The molecule has 0 amide bonds. The lowest BCUT2D eigenvalue weighted by Crippen LogP contribution is -2.15. The van der Waals surface area contributed by atoms with E-state index in [0.717, 1.165) is 50.8 Å². The van der Waals surface area contributed by atoms with Crippen molar-refractivity contribution < 1.29 is 38.1 Å². The number of carbonyl (C=O) groups is 3. The van der Waals surface area contributed by atoms with Gasteiger partial charge in [-0.15, -0.1) is 0 Å². The fraction of sp³-hybridized carbons (Fsp3) is 0.151. The molecule has 0 atom stereocenters. The summed E-state index contributed by atoms with van der Waals surface area (Å²) < 4.78 is 27.2. The van der Waals surface area contributed by atoms with Crippen LogP contribution in [0.5, 0.6) is 5.75 Å². The molecular weight excluding hydrogens is 793 g/mol. The quantitative estimate of drug-likeness (QED) is 0.0257. The maximum Gasteiger partial charge on any atom is 0.338 e. The SMILES string of the molecule is C=C(COC(=O)c1ccc(N(c2ccccc2)c2ccc(-c3ccc(N(c4ccccc4)c4ccc(C(=O)OCC(=C)C(=O)OCC)cc4)c(OC)c3)cc2C)cc1)C(=C)OCC. The Bertz CT molecular complexity index is 2590. The zero-order chi connectivity index (χ0) is 44.9. The van der Waals surface area contributed by atoms with Crippen molar-refractivity contribution in [3.8, 4) is 16.9 Å². The average molecular weight is 843 g/mol. The molecule has 0 fully saturated rings.